The maximum Gasteiger partial charge on any atom is 0.335 e. The van der Waals surface area contributed by atoms with Gasteiger partial charge < -0.3 is 24.8 Å². The van der Waals surface area contributed by atoms with E-state index < -0.39 is 18.2 Å². The lowest BCUT2D eigenvalue weighted by atomic mass is 9.98. The van der Waals surface area contributed by atoms with Crippen molar-refractivity contribution >= 4 is 27.5 Å². The van der Waals surface area contributed by atoms with Gasteiger partial charge in [0.2, 0.25) is 0 Å². The third kappa shape index (κ3) is 5.11. The van der Waals surface area contributed by atoms with Gasteiger partial charge in [-0.15, -0.1) is 0 Å². The number of fused-ring (bicyclic) bond motifs is 2. The van der Waals surface area contributed by atoms with Crippen molar-refractivity contribution in [1.82, 2.24) is 0 Å². The topological polar surface area (TPSA) is 96.2 Å². The Kier molecular flexibility index (Phi) is 7.03. The number of hydrogen-bond donors (Lipinski definition) is 3. The summed E-state index contributed by atoms with van der Waals surface area (Å²) in [7, 11) is 0. The van der Waals surface area contributed by atoms with Crippen LogP contribution in [0.2, 0.25) is 0 Å². The number of carboxylic acid groups (broad SMARTS) is 1. The summed E-state index contributed by atoms with van der Waals surface area (Å²) in [6.07, 6.45) is -1.71. The molecule has 0 fully saturated rings. The molecule has 3 N–H and O–H groups in total. The monoisotopic (exact) mass is 494 g/mol. The number of aliphatic hydroxyl groups excluding tert-OH is 2. The highest BCUT2D eigenvalue weighted by Crippen LogP contribution is 2.43. The van der Waals surface area contributed by atoms with Gasteiger partial charge in [0.15, 0.2) is 0 Å². The van der Waals surface area contributed by atoms with Gasteiger partial charge in [0.1, 0.15) is 36.9 Å². The van der Waals surface area contributed by atoms with Crippen molar-refractivity contribution in [3.05, 3.63) is 120 Å². The SMILES string of the molecule is O=C(O)c1ccc2c(OCC(O)c3ccccc3)c3ccccc3c(OCC(O)c3ccccc3)c2c1. The largest absolute Gasteiger partial charge is 0.489 e. The molecular formula is C31H26O6. The van der Waals surface area contributed by atoms with Crippen LogP contribution in [-0.4, -0.2) is 34.5 Å². The molecule has 0 heterocycles. The highest BCUT2D eigenvalue weighted by Gasteiger charge is 2.20. The first-order valence-corrected chi connectivity index (χ1v) is 12.0. The fourth-order valence-electron chi connectivity index (χ4n) is 4.41. The van der Waals surface area contributed by atoms with Crippen LogP contribution in [0.4, 0.5) is 0 Å². The van der Waals surface area contributed by atoms with E-state index in [2.05, 4.69) is 0 Å². The van der Waals surface area contributed by atoms with E-state index in [1.54, 1.807) is 12.1 Å². The maximum absolute atomic E-state index is 11.8. The van der Waals surface area contributed by atoms with Crippen LogP contribution in [0.3, 0.4) is 0 Å². The van der Waals surface area contributed by atoms with Crippen molar-refractivity contribution in [2.24, 2.45) is 0 Å². The van der Waals surface area contributed by atoms with Crippen molar-refractivity contribution in [3.63, 3.8) is 0 Å². The quantitative estimate of drug-likeness (QED) is 0.220. The Balaban J connectivity index is 1.58. The molecule has 0 saturated heterocycles. The van der Waals surface area contributed by atoms with E-state index in [1.165, 1.54) is 6.07 Å². The molecule has 0 spiro atoms. The second-order valence-electron chi connectivity index (χ2n) is 8.74. The summed E-state index contributed by atoms with van der Waals surface area (Å²) in [5.74, 6) is -0.0830. The third-order valence-electron chi connectivity index (χ3n) is 6.31. The average molecular weight is 495 g/mol. The van der Waals surface area contributed by atoms with Gasteiger partial charge in [-0.05, 0) is 29.3 Å². The molecule has 37 heavy (non-hydrogen) atoms. The van der Waals surface area contributed by atoms with E-state index in [9.17, 15) is 20.1 Å². The molecular weight excluding hydrogens is 468 g/mol. The Labute approximate surface area is 214 Å². The molecule has 2 atom stereocenters. The van der Waals surface area contributed by atoms with E-state index in [4.69, 9.17) is 9.47 Å². The fraction of sp³-hybridized carbons (Fsp3) is 0.129. The molecule has 0 aliphatic rings. The number of ether oxygens (including phenoxy) is 2. The molecule has 5 aromatic carbocycles. The predicted molar refractivity (Wildman–Crippen MR) is 142 cm³/mol. The van der Waals surface area contributed by atoms with Gasteiger partial charge in [-0.25, -0.2) is 4.79 Å². The zero-order chi connectivity index (χ0) is 25.8. The molecule has 0 amide bonds. The summed E-state index contributed by atoms with van der Waals surface area (Å²) >= 11 is 0. The van der Waals surface area contributed by atoms with Crippen LogP contribution in [0.5, 0.6) is 11.5 Å². The summed E-state index contributed by atoms with van der Waals surface area (Å²) < 4.78 is 12.4. The lowest BCUT2D eigenvalue weighted by Crippen LogP contribution is -2.12. The Morgan fingerprint density at radius 3 is 1.51 bits per heavy atom. The van der Waals surface area contributed by atoms with Gasteiger partial charge in [-0.2, -0.15) is 0 Å². The molecule has 2 unspecified atom stereocenters. The van der Waals surface area contributed by atoms with Gasteiger partial charge in [0.25, 0.3) is 0 Å². The summed E-state index contributed by atoms with van der Waals surface area (Å²) in [5, 5.41) is 33.7. The standard InChI is InChI=1S/C31H26O6/c32-27(20-9-3-1-4-10-20)18-36-29-23-13-7-8-14-24(23)30(26-17-22(31(34)35)15-16-25(26)29)37-19-28(33)21-11-5-2-6-12-21/h1-17,27-28,32-33H,18-19H2,(H,34,35). The van der Waals surface area contributed by atoms with Gasteiger partial charge in [-0.3, -0.25) is 0 Å². The van der Waals surface area contributed by atoms with E-state index >= 15 is 0 Å². The van der Waals surface area contributed by atoms with Crippen LogP contribution in [-0.2, 0) is 0 Å². The number of rotatable bonds is 9. The summed E-state index contributed by atoms with van der Waals surface area (Å²) in [4.78, 5) is 11.8. The molecule has 0 saturated carbocycles. The number of carbonyl (C=O) groups is 1. The molecule has 0 aliphatic carbocycles. The molecule has 186 valence electrons. The number of aromatic carboxylic acids is 1. The zero-order valence-electron chi connectivity index (χ0n) is 20.0. The second kappa shape index (κ2) is 10.7. The minimum atomic E-state index is -1.06. The lowest BCUT2D eigenvalue weighted by molar-refractivity contribution is 0.0697. The van der Waals surface area contributed by atoms with Gasteiger partial charge in [0, 0.05) is 21.5 Å². The van der Waals surface area contributed by atoms with Crippen LogP contribution < -0.4 is 9.47 Å². The molecule has 5 aromatic rings. The second-order valence-corrected chi connectivity index (χ2v) is 8.74. The van der Waals surface area contributed by atoms with Gasteiger partial charge in [0.05, 0.1) is 5.56 Å². The number of hydrogen-bond acceptors (Lipinski definition) is 5. The number of benzene rings is 5. The summed E-state index contributed by atoms with van der Waals surface area (Å²) in [6, 6.07) is 30.7. The van der Waals surface area contributed by atoms with E-state index in [1.807, 2.05) is 84.9 Å². The molecule has 6 nitrogen and oxygen atoms in total. The zero-order valence-corrected chi connectivity index (χ0v) is 20.0. The Morgan fingerprint density at radius 1 is 0.595 bits per heavy atom. The van der Waals surface area contributed by atoms with Crippen molar-refractivity contribution in [2.45, 2.75) is 12.2 Å². The maximum atomic E-state index is 11.8. The van der Waals surface area contributed by atoms with Crippen molar-refractivity contribution in [2.75, 3.05) is 13.2 Å². The van der Waals surface area contributed by atoms with E-state index in [-0.39, 0.29) is 18.8 Å². The Hall–Kier alpha value is -4.39. The van der Waals surface area contributed by atoms with E-state index in [0.717, 1.165) is 16.5 Å². The Morgan fingerprint density at radius 2 is 1.03 bits per heavy atom. The smallest absolute Gasteiger partial charge is 0.335 e. The molecule has 0 aromatic heterocycles. The van der Waals surface area contributed by atoms with Gasteiger partial charge >= 0.3 is 5.97 Å². The first-order chi connectivity index (χ1) is 18.0. The van der Waals surface area contributed by atoms with Crippen LogP contribution in [0, 0.1) is 0 Å². The van der Waals surface area contributed by atoms with Crippen LogP contribution in [0.25, 0.3) is 21.5 Å². The molecule has 0 aliphatic heterocycles. The highest BCUT2D eigenvalue weighted by molar-refractivity contribution is 6.12. The van der Waals surface area contributed by atoms with E-state index in [0.29, 0.717) is 27.7 Å². The lowest BCUT2D eigenvalue weighted by Gasteiger charge is -2.20. The molecule has 0 radical (unpaired) electrons. The predicted octanol–water partition coefficient (Wildman–Crippen LogP) is 5.92. The minimum Gasteiger partial charge on any atom is -0.489 e. The van der Waals surface area contributed by atoms with Crippen molar-refractivity contribution in [1.29, 1.82) is 0 Å². The van der Waals surface area contributed by atoms with Crippen LogP contribution in [0.1, 0.15) is 33.7 Å². The number of carboxylic acids is 1. The highest BCUT2D eigenvalue weighted by atomic mass is 16.5. The van der Waals surface area contributed by atoms with Crippen LogP contribution in [0.15, 0.2) is 103 Å². The average Bonchev–Trinajstić information content (AvgIpc) is 2.95. The molecule has 0 bridgehead atoms. The summed E-state index contributed by atoms with van der Waals surface area (Å²) in [5.41, 5.74) is 1.56. The first-order valence-electron chi connectivity index (χ1n) is 12.0. The molecule has 5 rings (SSSR count). The Bertz CT molecular complexity index is 1530. The summed E-state index contributed by atoms with van der Waals surface area (Å²) in [6.45, 7) is -0.00987. The number of aliphatic hydroxyl groups is 2. The van der Waals surface area contributed by atoms with Crippen molar-refractivity contribution in [3.8, 4) is 11.5 Å². The van der Waals surface area contributed by atoms with Gasteiger partial charge in [-0.1, -0.05) is 84.9 Å². The minimum absolute atomic E-state index is 0.0106. The van der Waals surface area contributed by atoms with Crippen molar-refractivity contribution < 1.29 is 29.6 Å². The molecule has 6 heteroatoms. The van der Waals surface area contributed by atoms with Crippen LogP contribution >= 0.6 is 0 Å². The fourth-order valence-corrected chi connectivity index (χ4v) is 4.41. The third-order valence-corrected chi connectivity index (χ3v) is 6.31. The first kappa shape index (κ1) is 24.3. The normalized spacial score (nSPS) is 12.8.